The summed E-state index contributed by atoms with van der Waals surface area (Å²) in [6, 6.07) is 8.02. The molecule has 0 atom stereocenters. The Morgan fingerprint density at radius 1 is 1.08 bits per heavy atom. The fraction of sp³-hybridized carbons (Fsp3) is 0.368. The van der Waals surface area contributed by atoms with E-state index in [1.54, 1.807) is 18.3 Å². The Bertz CT molecular complexity index is 679. The van der Waals surface area contributed by atoms with Gasteiger partial charge in [-0.15, -0.1) is 0 Å². The van der Waals surface area contributed by atoms with Gasteiger partial charge in [-0.2, -0.15) is 0 Å². The number of rotatable bonds is 4. The Morgan fingerprint density at radius 3 is 2.50 bits per heavy atom. The topological polar surface area (TPSA) is 45.2 Å². The lowest BCUT2D eigenvalue weighted by Gasteiger charge is -2.22. The van der Waals surface area contributed by atoms with Crippen LogP contribution in [0.15, 0.2) is 42.7 Å². The summed E-state index contributed by atoms with van der Waals surface area (Å²) in [6.07, 6.45) is 8.30. The number of hydrogen-bond acceptors (Lipinski definition) is 3. The number of nitrogens with zero attached hydrogens (tertiary/aromatic N) is 2. The molecular weight excluding hydrogens is 305 g/mol. The molecule has 0 bridgehead atoms. The van der Waals surface area contributed by atoms with E-state index < -0.39 is 0 Å². The fourth-order valence-electron chi connectivity index (χ4n) is 2.94. The van der Waals surface area contributed by atoms with Crippen molar-refractivity contribution in [1.29, 1.82) is 0 Å². The zero-order valence-electron chi connectivity index (χ0n) is 13.7. The van der Waals surface area contributed by atoms with Crippen LogP contribution < -0.4 is 10.2 Å². The van der Waals surface area contributed by atoms with Crippen molar-refractivity contribution in [3.8, 4) is 0 Å². The molecule has 126 valence electrons. The Balaban J connectivity index is 1.64. The lowest BCUT2D eigenvalue weighted by Crippen LogP contribution is -2.26. The highest BCUT2D eigenvalue weighted by Crippen LogP contribution is 2.19. The molecule has 0 spiro atoms. The van der Waals surface area contributed by atoms with Gasteiger partial charge in [-0.3, -0.25) is 9.78 Å². The second-order valence-corrected chi connectivity index (χ2v) is 6.14. The SMILES string of the molecule is O=C(NCc1ccc(F)cc1)c1cncc(N2CCCCCC2)c1. The second kappa shape index (κ2) is 7.90. The van der Waals surface area contributed by atoms with E-state index in [0.29, 0.717) is 12.1 Å². The van der Waals surface area contributed by atoms with E-state index in [4.69, 9.17) is 0 Å². The van der Waals surface area contributed by atoms with Crippen molar-refractivity contribution >= 4 is 11.6 Å². The van der Waals surface area contributed by atoms with Crippen molar-refractivity contribution in [3.63, 3.8) is 0 Å². The summed E-state index contributed by atoms with van der Waals surface area (Å²) in [4.78, 5) is 18.9. The summed E-state index contributed by atoms with van der Waals surface area (Å²) in [6.45, 7) is 2.40. The molecule has 5 heteroatoms. The lowest BCUT2D eigenvalue weighted by molar-refractivity contribution is 0.0950. The van der Waals surface area contributed by atoms with E-state index in [1.165, 1.54) is 37.8 Å². The minimum Gasteiger partial charge on any atom is -0.370 e. The monoisotopic (exact) mass is 327 g/mol. The summed E-state index contributed by atoms with van der Waals surface area (Å²) < 4.78 is 12.9. The third kappa shape index (κ3) is 4.31. The Kier molecular flexibility index (Phi) is 5.41. The molecule has 2 aromatic rings. The van der Waals surface area contributed by atoms with Crippen LogP contribution in [-0.4, -0.2) is 24.0 Å². The maximum absolute atomic E-state index is 12.9. The average Bonchev–Trinajstić information content (AvgIpc) is 2.90. The quantitative estimate of drug-likeness (QED) is 0.934. The highest BCUT2D eigenvalue weighted by molar-refractivity contribution is 5.94. The molecule has 4 nitrogen and oxygen atoms in total. The van der Waals surface area contributed by atoms with Gasteiger partial charge in [-0.05, 0) is 36.6 Å². The number of amides is 1. The molecular formula is C19H22FN3O. The maximum atomic E-state index is 12.9. The highest BCUT2D eigenvalue weighted by Gasteiger charge is 2.13. The van der Waals surface area contributed by atoms with Gasteiger partial charge in [0.25, 0.3) is 5.91 Å². The molecule has 1 aliphatic heterocycles. The highest BCUT2D eigenvalue weighted by atomic mass is 19.1. The third-order valence-corrected chi connectivity index (χ3v) is 4.32. The number of aromatic nitrogens is 1. The van der Waals surface area contributed by atoms with Crippen molar-refractivity contribution in [2.75, 3.05) is 18.0 Å². The number of hydrogen-bond donors (Lipinski definition) is 1. The zero-order chi connectivity index (χ0) is 16.8. The normalized spacial score (nSPS) is 15.0. The van der Waals surface area contributed by atoms with Gasteiger partial charge < -0.3 is 10.2 Å². The smallest absolute Gasteiger partial charge is 0.253 e. The summed E-state index contributed by atoms with van der Waals surface area (Å²) in [5.74, 6) is -0.442. The van der Waals surface area contributed by atoms with Crippen molar-refractivity contribution in [1.82, 2.24) is 10.3 Å². The molecule has 1 aliphatic rings. The fourth-order valence-corrected chi connectivity index (χ4v) is 2.94. The summed E-state index contributed by atoms with van der Waals surface area (Å²) in [7, 11) is 0. The summed E-state index contributed by atoms with van der Waals surface area (Å²) in [5, 5.41) is 2.86. The van der Waals surface area contributed by atoms with Crippen LogP contribution in [0.2, 0.25) is 0 Å². The summed E-state index contributed by atoms with van der Waals surface area (Å²) in [5.41, 5.74) is 2.42. The van der Waals surface area contributed by atoms with Gasteiger partial charge in [0.05, 0.1) is 17.4 Å². The van der Waals surface area contributed by atoms with Gasteiger partial charge in [-0.25, -0.2) is 4.39 Å². The average molecular weight is 327 g/mol. The molecule has 0 unspecified atom stereocenters. The van der Waals surface area contributed by atoms with E-state index >= 15 is 0 Å². The number of anilines is 1. The first-order valence-corrected chi connectivity index (χ1v) is 8.45. The van der Waals surface area contributed by atoms with E-state index in [2.05, 4.69) is 15.2 Å². The molecule has 1 saturated heterocycles. The van der Waals surface area contributed by atoms with Crippen LogP contribution >= 0.6 is 0 Å². The Morgan fingerprint density at radius 2 is 1.79 bits per heavy atom. The van der Waals surface area contributed by atoms with Crippen LogP contribution in [0.25, 0.3) is 0 Å². The number of carbonyl (C=O) groups excluding carboxylic acids is 1. The van der Waals surface area contributed by atoms with Crippen LogP contribution in [0.5, 0.6) is 0 Å². The minimum absolute atomic E-state index is 0.163. The van der Waals surface area contributed by atoms with Gasteiger partial charge in [-0.1, -0.05) is 25.0 Å². The van der Waals surface area contributed by atoms with Gasteiger partial charge in [0.2, 0.25) is 0 Å². The second-order valence-electron chi connectivity index (χ2n) is 6.14. The van der Waals surface area contributed by atoms with Crippen LogP contribution in [0.1, 0.15) is 41.6 Å². The van der Waals surface area contributed by atoms with E-state index in [0.717, 1.165) is 24.3 Å². The van der Waals surface area contributed by atoms with Crippen LogP contribution in [-0.2, 0) is 6.54 Å². The molecule has 1 fully saturated rings. The number of nitrogens with one attached hydrogen (secondary N) is 1. The standard InChI is InChI=1S/C19H22FN3O/c20-17-7-5-15(6-8-17)12-22-19(24)16-11-18(14-21-13-16)23-9-3-1-2-4-10-23/h5-8,11,13-14H,1-4,9-10,12H2,(H,22,24). The number of carbonyl (C=O) groups is 1. The van der Waals surface area contributed by atoms with Gasteiger partial charge in [0, 0.05) is 25.8 Å². The molecule has 1 aromatic heterocycles. The molecule has 0 aliphatic carbocycles. The van der Waals surface area contributed by atoms with E-state index in [1.807, 2.05) is 12.3 Å². The summed E-state index contributed by atoms with van der Waals surface area (Å²) >= 11 is 0. The van der Waals surface area contributed by atoms with Gasteiger partial charge >= 0.3 is 0 Å². The van der Waals surface area contributed by atoms with Crippen molar-refractivity contribution in [3.05, 3.63) is 59.7 Å². The molecule has 1 N–H and O–H groups in total. The van der Waals surface area contributed by atoms with Crippen molar-refractivity contribution in [2.45, 2.75) is 32.2 Å². The largest absolute Gasteiger partial charge is 0.370 e. The lowest BCUT2D eigenvalue weighted by atomic mass is 10.2. The molecule has 24 heavy (non-hydrogen) atoms. The predicted octanol–water partition coefficient (Wildman–Crippen LogP) is 3.53. The van der Waals surface area contributed by atoms with E-state index in [-0.39, 0.29) is 11.7 Å². The van der Waals surface area contributed by atoms with Crippen LogP contribution in [0.3, 0.4) is 0 Å². The van der Waals surface area contributed by atoms with Crippen LogP contribution in [0.4, 0.5) is 10.1 Å². The van der Waals surface area contributed by atoms with E-state index in [9.17, 15) is 9.18 Å². The number of benzene rings is 1. The van der Waals surface area contributed by atoms with Crippen molar-refractivity contribution in [2.24, 2.45) is 0 Å². The molecule has 1 aromatic carbocycles. The number of halogens is 1. The molecule has 1 amide bonds. The van der Waals surface area contributed by atoms with Gasteiger partial charge in [0.1, 0.15) is 5.82 Å². The first-order chi connectivity index (χ1) is 11.7. The predicted molar refractivity (Wildman–Crippen MR) is 92.5 cm³/mol. The van der Waals surface area contributed by atoms with Gasteiger partial charge in [0.15, 0.2) is 0 Å². The third-order valence-electron chi connectivity index (χ3n) is 4.32. The maximum Gasteiger partial charge on any atom is 0.253 e. The Hall–Kier alpha value is -2.43. The first kappa shape index (κ1) is 16.4. The Labute approximate surface area is 141 Å². The minimum atomic E-state index is -0.278. The zero-order valence-corrected chi connectivity index (χ0v) is 13.7. The van der Waals surface area contributed by atoms with Crippen LogP contribution in [0, 0.1) is 5.82 Å². The molecule has 0 saturated carbocycles. The first-order valence-electron chi connectivity index (χ1n) is 8.45. The molecule has 2 heterocycles. The molecule has 3 rings (SSSR count). The molecule has 0 radical (unpaired) electrons. The number of pyridine rings is 1. The van der Waals surface area contributed by atoms with Crippen molar-refractivity contribution < 1.29 is 9.18 Å².